The Kier molecular flexibility index (Phi) is 3.47. The third kappa shape index (κ3) is 2.31. The molecular weight excluding hydrogens is 260 g/mol. The minimum atomic E-state index is -1.16. The molecule has 2 aliphatic rings. The second-order valence-electron chi connectivity index (χ2n) is 5.77. The van der Waals surface area contributed by atoms with E-state index in [0.29, 0.717) is 19.4 Å². The van der Waals surface area contributed by atoms with Gasteiger partial charge in [0.1, 0.15) is 23.8 Å². The minimum absolute atomic E-state index is 0.0250. The molecule has 0 radical (unpaired) electrons. The first-order valence-electron chi connectivity index (χ1n) is 7.13. The number of hydrogen-bond donors (Lipinski definition) is 2. The van der Waals surface area contributed by atoms with Crippen LogP contribution in [0.4, 0.5) is 0 Å². The predicted octanol–water partition coefficient (Wildman–Crippen LogP) is -0.499. The molecule has 2 aliphatic heterocycles. The molecule has 0 bridgehead atoms. The van der Waals surface area contributed by atoms with Crippen molar-refractivity contribution in [3.63, 3.8) is 0 Å². The van der Waals surface area contributed by atoms with Gasteiger partial charge in [0.2, 0.25) is 5.91 Å². The van der Waals surface area contributed by atoms with Gasteiger partial charge in [0, 0.05) is 13.0 Å². The summed E-state index contributed by atoms with van der Waals surface area (Å²) in [7, 11) is 0. The lowest BCUT2D eigenvalue weighted by Crippen LogP contribution is -2.54. The van der Waals surface area contributed by atoms with Crippen molar-refractivity contribution in [1.29, 1.82) is 0 Å². The first-order chi connectivity index (χ1) is 9.63. The Morgan fingerprint density at radius 3 is 3.15 bits per heavy atom. The molecule has 0 aromatic carbocycles. The highest BCUT2D eigenvalue weighted by atomic mass is 16.3. The van der Waals surface area contributed by atoms with Crippen molar-refractivity contribution < 1.29 is 15.0 Å². The zero-order valence-electron chi connectivity index (χ0n) is 11.4. The number of β-amino-alcohol motifs (C(OH)–C–C–N with tert-alkyl or cyclic N) is 1. The van der Waals surface area contributed by atoms with Crippen LogP contribution >= 0.6 is 0 Å². The number of carbonyl (C=O) groups excluding carboxylic acids is 1. The number of aliphatic hydroxyl groups is 2. The van der Waals surface area contributed by atoms with Gasteiger partial charge in [0.05, 0.1) is 13.2 Å². The van der Waals surface area contributed by atoms with E-state index in [1.165, 1.54) is 6.33 Å². The van der Waals surface area contributed by atoms with E-state index in [0.717, 1.165) is 25.1 Å². The van der Waals surface area contributed by atoms with E-state index >= 15 is 0 Å². The van der Waals surface area contributed by atoms with E-state index < -0.39 is 5.60 Å². The summed E-state index contributed by atoms with van der Waals surface area (Å²) in [5, 5.41) is 23.6. The van der Waals surface area contributed by atoms with E-state index in [1.54, 1.807) is 9.58 Å². The van der Waals surface area contributed by atoms with Crippen LogP contribution < -0.4 is 0 Å². The summed E-state index contributed by atoms with van der Waals surface area (Å²) in [6, 6.07) is -0.317. The van der Waals surface area contributed by atoms with Crippen molar-refractivity contribution in [2.75, 3.05) is 19.7 Å². The lowest BCUT2D eigenvalue weighted by molar-refractivity contribution is -0.145. The molecule has 1 fully saturated rings. The molecular formula is C13H20N4O3. The van der Waals surface area contributed by atoms with E-state index in [4.69, 9.17) is 0 Å². The second kappa shape index (κ2) is 5.14. The number of aromatic nitrogens is 3. The molecule has 0 saturated carbocycles. The summed E-state index contributed by atoms with van der Waals surface area (Å²) < 4.78 is 1.71. The molecule has 20 heavy (non-hydrogen) atoms. The topological polar surface area (TPSA) is 91.5 Å². The number of amides is 1. The number of aliphatic hydroxyl groups excluding tert-OH is 1. The van der Waals surface area contributed by atoms with Gasteiger partial charge in [-0.3, -0.25) is 4.79 Å². The van der Waals surface area contributed by atoms with E-state index in [1.807, 2.05) is 0 Å². The highest BCUT2D eigenvalue weighted by Crippen LogP contribution is 2.27. The predicted molar refractivity (Wildman–Crippen MR) is 69.8 cm³/mol. The summed E-state index contributed by atoms with van der Waals surface area (Å²) >= 11 is 0. The summed E-state index contributed by atoms with van der Waals surface area (Å²) in [4.78, 5) is 18.5. The van der Waals surface area contributed by atoms with Crippen molar-refractivity contribution in [2.45, 2.75) is 43.7 Å². The average molecular weight is 280 g/mol. The quantitative estimate of drug-likeness (QED) is 0.762. The number of fused-ring (bicyclic) bond motifs is 1. The van der Waals surface area contributed by atoms with Crippen molar-refractivity contribution in [1.82, 2.24) is 19.7 Å². The number of hydrogen-bond acceptors (Lipinski definition) is 5. The summed E-state index contributed by atoms with van der Waals surface area (Å²) in [5.74, 6) is 0.826. The molecule has 0 aliphatic carbocycles. The fraction of sp³-hybridized carbons (Fsp3) is 0.769. The lowest BCUT2D eigenvalue weighted by atomic mass is 9.92. The number of piperidine rings is 1. The Morgan fingerprint density at radius 2 is 2.35 bits per heavy atom. The molecule has 2 N–H and O–H groups in total. The van der Waals surface area contributed by atoms with Gasteiger partial charge in [-0.2, -0.15) is 5.10 Å². The maximum atomic E-state index is 12.7. The molecule has 3 heterocycles. The van der Waals surface area contributed by atoms with Crippen LogP contribution in [0.3, 0.4) is 0 Å². The lowest BCUT2D eigenvalue weighted by Gasteiger charge is -2.39. The molecule has 110 valence electrons. The van der Waals surface area contributed by atoms with Gasteiger partial charge >= 0.3 is 0 Å². The number of carbonyl (C=O) groups is 1. The van der Waals surface area contributed by atoms with Crippen molar-refractivity contribution in [3.8, 4) is 0 Å². The van der Waals surface area contributed by atoms with Gasteiger partial charge in [-0.25, -0.2) is 9.67 Å². The number of aryl methyl sites for hydroxylation is 1. The summed E-state index contributed by atoms with van der Waals surface area (Å²) in [5.41, 5.74) is -1.16. The second-order valence-corrected chi connectivity index (χ2v) is 5.77. The number of rotatable bonds is 2. The summed E-state index contributed by atoms with van der Waals surface area (Å²) in [6.45, 7) is 0.514. The highest BCUT2D eigenvalue weighted by Gasteiger charge is 2.38. The Labute approximate surface area is 117 Å². The molecule has 1 amide bonds. The van der Waals surface area contributed by atoms with Gasteiger partial charge in [-0.1, -0.05) is 0 Å². The Balaban J connectivity index is 1.77. The molecule has 2 atom stereocenters. The van der Waals surface area contributed by atoms with Crippen LogP contribution in [0.15, 0.2) is 6.33 Å². The number of nitrogens with zero attached hydrogens (tertiary/aromatic N) is 4. The standard InChI is InChI=1S/C13H20N4O3/c18-8-13(20)5-2-6-16(7-13)12(19)10-3-1-4-11-14-9-15-17(10)11/h9-10,18,20H,1-8H2. The third-order valence-corrected chi connectivity index (χ3v) is 4.27. The van der Waals surface area contributed by atoms with E-state index in [9.17, 15) is 15.0 Å². The smallest absolute Gasteiger partial charge is 0.247 e. The minimum Gasteiger partial charge on any atom is -0.393 e. The Hall–Kier alpha value is -1.47. The maximum Gasteiger partial charge on any atom is 0.247 e. The zero-order valence-corrected chi connectivity index (χ0v) is 11.4. The van der Waals surface area contributed by atoms with Crippen LogP contribution in [0, 0.1) is 0 Å². The molecule has 1 aromatic heterocycles. The highest BCUT2D eigenvalue weighted by molar-refractivity contribution is 5.80. The molecule has 1 aromatic rings. The monoisotopic (exact) mass is 280 g/mol. The van der Waals surface area contributed by atoms with Crippen LogP contribution in [-0.4, -0.2) is 61.1 Å². The Bertz CT molecular complexity index is 504. The molecule has 0 spiro atoms. The molecule has 1 saturated heterocycles. The largest absolute Gasteiger partial charge is 0.393 e. The summed E-state index contributed by atoms with van der Waals surface area (Å²) in [6.07, 6.45) is 5.26. The van der Waals surface area contributed by atoms with Gasteiger partial charge in [0.15, 0.2) is 0 Å². The maximum absolute atomic E-state index is 12.7. The van der Waals surface area contributed by atoms with Crippen molar-refractivity contribution in [2.24, 2.45) is 0 Å². The first-order valence-corrected chi connectivity index (χ1v) is 7.13. The van der Waals surface area contributed by atoms with Crippen molar-refractivity contribution >= 4 is 5.91 Å². The SMILES string of the molecule is O=C(C1CCCc2ncnn21)N1CCCC(O)(CO)C1. The first kappa shape index (κ1) is 13.5. The van der Waals surface area contributed by atoms with Crippen LogP contribution in [0.5, 0.6) is 0 Å². The van der Waals surface area contributed by atoms with Gasteiger partial charge in [-0.15, -0.1) is 0 Å². The molecule has 3 rings (SSSR count). The fourth-order valence-corrected chi connectivity index (χ4v) is 3.16. The van der Waals surface area contributed by atoms with E-state index in [2.05, 4.69) is 10.1 Å². The molecule has 7 heteroatoms. The normalized spacial score (nSPS) is 30.1. The van der Waals surface area contributed by atoms with Gasteiger partial charge in [-0.05, 0) is 25.7 Å². The van der Waals surface area contributed by atoms with Crippen LogP contribution in [0.2, 0.25) is 0 Å². The van der Waals surface area contributed by atoms with Crippen molar-refractivity contribution in [3.05, 3.63) is 12.2 Å². The van der Waals surface area contributed by atoms with Crippen LogP contribution in [0.1, 0.15) is 37.5 Å². The van der Waals surface area contributed by atoms with Gasteiger partial charge in [0.25, 0.3) is 0 Å². The number of likely N-dealkylation sites (tertiary alicyclic amines) is 1. The third-order valence-electron chi connectivity index (χ3n) is 4.27. The fourth-order valence-electron chi connectivity index (χ4n) is 3.16. The molecule has 7 nitrogen and oxygen atoms in total. The average Bonchev–Trinajstić information content (AvgIpc) is 2.95. The zero-order chi connectivity index (χ0) is 14.2. The Morgan fingerprint density at radius 1 is 1.50 bits per heavy atom. The van der Waals surface area contributed by atoms with Gasteiger partial charge < -0.3 is 15.1 Å². The molecule has 2 unspecified atom stereocenters. The van der Waals surface area contributed by atoms with Crippen LogP contribution in [0.25, 0.3) is 0 Å². The van der Waals surface area contributed by atoms with E-state index in [-0.39, 0.29) is 25.1 Å². The van der Waals surface area contributed by atoms with Crippen LogP contribution in [-0.2, 0) is 11.2 Å².